The van der Waals surface area contributed by atoms with Crippen molar-refractivity contribution in [3.63, 3.8) is 0 Å². The molecule has 126 valence electrons. The quantitative estimate of drug-likeness (QED) is 0.700. The number of carbonyl (C=O) groups excluding carboxylic acids is 1. The number of rotatable bonds is 6. The van der Waals surface area contributed by atoms with Crippen molar-refractivity contribution in [1.82, 2.24) is 4.90 Å². The Kier molecular flexibility index (Phi) is 4.99. The van der Waals surface area contributed by atoms with E-state index < -0.39 is 0 Å². The van der Waals surface area contributed by atoms with Gasteiger partial charge in [-0.3, -0.25) is 9.69 Å². The van der Waals surface area contributed by atoms with Crippen LogP contribution in [0.4, 0.5) is 0 Å². The molecule has 1 amide bonds. The molecule has 0 bridgehead atoms. The maximum absolute atomic E-state index is 11.9. The van der Waals surface area contributed by atoms with Gasteiger partial charge in [0.2, 0.25) is 0 Å². The van der Waals surface area contributed by atoms with Gasteiger partial charge < -0.3 is 0 Å². The zero-order chi connectivity index (χ0) is 17.8. The predicted octanol–water partition coefficient (Wildman–Crippen LogP) is 5.35. The maximum Gasteiger partial charge on any atom is 0.255 e. The SMILES string of the molecule is C=C1C=CC(=O)N1C(=C)C(C)CCc1ccc(-c2ccccc2)cc1. The summed E-state index contributed by atoms with van der Waals surface area (Å²) in [6, 6.07) is 19.1. The van der Waals surface area contributed by atoms with E-state index in [0.717, 1.165) is 18.5 Å². The van der Waals surface area contributed by atoms with E-state index >= 15 is 0 Å². The number of benzene rings is 2. The molecular formula is C23H23NO. The van der Waals surface area contributed by atoms with Crippen LogP contribution in [0.5, 0.6) is 0 Å². The number of nitrogens with zero attached hydrogens (tertiary/aromatic N) is 1. The molecule has 1 aliphatic heterocycles. The third kappa shape index (κ3) is 3.80. The molecule has 2 aromatic carbocycles. The van der Waals surface area contributed by atoms with E-state index in [1.807, 2.05) is 6.07 Å². The number of aryl methyl sites for hydroxylation is 1. The second-order valence-corrected chi connectivity index (χ2v) is 6.49. The zero-order valence-electron chi connectivity index (χ0n) is 14.6. The van der Waals surface area contributed by atoms with Gasteiger partial charge in [-0.2, -0.15) is 0 Å². The molecule has 1 atom stereocenters. The average Bonchev–Trinajstić information content (AvgIpc) is 2.98. The predicted molar refractivity (Wildman–Crippen MR) is 104 cm³/mol. The molecule has 1 aliphatic rings. The van der Waals surface area contributed by atoms with Crippen molar-refractivity contribution < 1.29 is 4.79 Å². The van der Waals surface area contributed by atoms with Crippen LogP contribution >= 0.6 is 0 Å². The first-order valence-corrected chi connectivity index (χ1v) is 8.60. The van der Waals surface area contributed by atoms with Crippen LogP contribution in [0.2, 0.25) is 0 Å². The summed E-state index contributed by atoms with van der Waals surface area (Å²) in [5.74, 6) is 0.170. The molecule has 0 aliphatic carbocycles. The summed E-state index contributed by atoms with van der Waals surface area (Å²) in [5.41, 5.74) is 5.28. The van der Waals surface area contributed by atoms with Crippen molar-refractivity contribution in [2.24, 2.45) is 5.92 Å². The number of carbonyl (C=O) groups is 1. The van der Waals surface area contributed by atoms with E-state index in [2.05, 4.69) is 68.6 Å². The summed E-state index contributed by atoms with van der Waals surface area (Å²) in [6.45, 7) is 10.1. The summed E-state index contributed by atoms with van der Waals surface area (Å²) in [5, 5.41) is 0. The highest BCUT2D eigenvalue weighted by molar-refractivity contribution is 5.94. The Bertz CT molecular complexity index is 797. The molecule has 2 nitrogen and oxygen atoms in total. The smallest absolute Gasteiger partial charge is 0.255 e. The van der Waals surface area contributed by atoms with Crippen LogP contribution in [-0.4, -0.2) is 10.8 Å². The topological polar surface area (TPSA) is 20.3 Å². The first-order valence-electron chi connectivity index (χ1n) is 8.60. The van der Waals surface area contributed by atoms with Crippen molar-refractivity contribution in [3.8, 4) is 11.1 Å². The normalized spacial score (nSPS) is 14.8. The molecular weight excluding hydrogens is 306 g/mol. The third-order valence-electron chi connectivity index (χ3n) is 4.71. The van der Waals surface area contributed by atoms with Gasteiger partial charge in [-0.15, -0.1) is 0 Å². The van der Waals surface area contributed by atoms with Gasteiger partial charge in [-0.05, 0) is 41.5 Å². The lowest BCUT2D eigenvalue weighted by Crippen LogP contribution is -2.26. The van der Waals surface area contributed by atoms with Crippen LogP contribution in [0.15, 0.2) is 91.3 Å². The van der Waals surface area contributed by atoms with Crippen molar-refractivity contribution in [1.29, 1.82) is 0 Å². The Morgan fingerprint density at radius 3 is 2.24 bits per heavy atom. The van der Waals surface area contributed by atoms with Crippen molar-refractivity contribution >= 4 is 5.91 Å². The molecule has 2 aromatic rings. The third-order valence-corrected chi connectivity index (χ3v) is 4.71. The number of hydrogen-bond acceptors (Lipinski definition) is 1. The van der Waals surface area contributed by atoms with Crippen LogP contribution in [-0.2, 0) is 11.2 Å². The van der Waals surface area contributed by atoms with E-state index in [4.69, 9.17) is 0 Å². The Morgan fingerprint density at radius 1 is 1.00 bits per heavy atom. The average molecular weight is 329 g/mol. The summed E-state index contributed by atoms with van der Waals surface area (Å²) in [4.78, 5) is 13.5. The molecule has 3 rings (SSSR count). The fraction of sp³-hybridized carbons (Fsp3) is 0.174. The molecule has 25 heavy (non-hydrogen) atoms. The summed E-state index contributed by atoms with van der Waals surface area (Å²) >= 11 is 0. The van der Waals surface area contributed by atoms with Gasteiger partial charge in [0.15, 0.2) is 0 Å². The molecule has 1 heterocycles. The number of hydrogen-bond donors (Lipinski definition) is 0. The van der Waals surface area contributed by atoms with Crippen LogP contribution < -0.4 is 0 Å². The standard InChI is InChI=1S/C23H23NO/c1-17(19(3)24-18(2)10-16-23(24)25)9-11-20-12-14-22(15-13-20)21-7-5-4-6-8-21/h4-8,10,12-17H,2-3,9,11H2,1H3. The highest BCUT2D eigenvalue weighted by Crippen LogP contribution is 2.27. The Hall–Kier alpha value is -2.87. The summed E-state index contributed by atoms with van der Waals surface area (Å²) in [6.07, 6.45) is 5.18. The van der Waals surface area contributed by atoms with Crippen LogP contribution in [0.25, 0.3) is 11.1 Å². The minimum atomic E-state index is -0.0472. The van der Waals surface area contributed by atoms with Crippen LogP contribution in [0, 0.1) is 5.92 Å². The molecule has 0 N–H and O–H groups in total. The lowest BCUT2D eigenvalue weighted by Gasteiger charge is -2.25. The molecule has 0 fully saturated rings. The molecule has 0 aromatic heterocycles. The Labute approximate surface area is 149 Å². The van der Waals surface area contributed by atoms with Crippen molar-refractivity contribution in [2.45, 2.75) is 19.8 Å². The van der Waals surface area contributed by atoms with E-state index in [-0.39, 0.29) is 11.8 Å². The lowest BCUT2D eigenvalue weighted by atomic mass is 9.96. The molecule has 0 saturated carbocycles. The van der Waals surface area contributed by atoms with Gasteiger partial charge in [0.1, 0.15) is 0 Å². The maximum atomic E-state index is 11.9. The Morgan fingerprint density at radius 2 is 1.64 bits per heavy atom. The van der Waals surface area contributed by atoms with Gasteiger partial charge >= 0.3 is 0 Å². The zero-order valence-corrected chi connectivity index (χ0v) is 14.6. The van der Waals surface area contributed by atoms with Crippen molar-refractivity contribution in [3.05, 3.63) is 96.9 Å². The molecule has 0 saturated heterocycles. The molecule has 0 spiro atoms. The second-order valence-electron chi connectivity index (χ2n) is 6.49. The highest BCUT2D eigenvalue weighted by atomic mass is 16.2. The summed E-state index contributed by atoms with van der Waals surface area (Å²) < 4.78 is 0. The minimum Gasteiger partial charge on any atom is -0.282 e. The Balaban J connectivity index is 1.59. The minimum absolute atomic E-state index is 0.0472. The van der Waals surface area contributed by atoms with E-state index in [1.54, 1.807) is 17.1 Å². The monoisotopic (exact) mass is 329 g/mol. The van der Waals surface area contributed by atoms with Crippen molar-refractivity contribution in [2.75, 3.05) is 0 Å². The number of allylic oxidation sites excluding steroid dienone is 2. The first kappa shape index (κ1) is 17.0. The van der Waals surface area contributed by atoms with E-state index in [1.165, 1.54) is 16.7 Å². The second kappa shape index (κ2) is 7.35. The van der Waals surface area contributed by atoms with Crippen LogP contribution in [0.1, 0.15) is 18.9 Å². The first-order chi connectivity index (χ1) is 12.1. The van der Waals surface area contributed by atoms with Gasteiger partial charge in [0.05, 0.1) is 0 Å². The molecule has 2 heteroatoms. The summed E-state index contributed by atoms with van der Waals surface area (Å²) in [7, 11) is 0. The van der Waals surface area contributed by atoms with E-state index in [0.29, 0.717) is 5.70 Å². The van der Waals surface area contributed by atoms with Gasteiger partial charge in [-0.25, -0.2) is 0 Å². The number of amides is 1. The van der Waals surface area contributed by atoms with E-state index in [9.17, 15) is 4.79 Å². The van der Waals surface area contributed by atoms with Gasteiger partial charge in [0.25, 0.3) is 5.91 Å². The fourth-order valence-corrected chi connectivity index (χ4v) is 3.05. The molecule has 0 radical (unpaired) electrons. The fourth-order valence-electron chi connectivity index (χ4n) is 3.05. The highest BCUT2D eigenvalue weighted by Gasteiger charge is 2.24. The largest absolute Gasteiger partial charge is 0.282 e. The lowest BCUT2D eigenvalue weighted by molar-refractivity contribution is -0.122. The van der Waals surface area contributed by atoms with Gasteiger partial charge in [0, 0.05) is 17.5 Å². The molecule has 1 unspecified atom stereocenters. The van der Waals surface area contributed by atoms with Crippen LogP contribution in [0.3, 0.4) is 0 Å². The van der Waals surface area contributed by atoms with Gasteiger partial charge in [-0.1, -0.05) is 74.7 Å².